The number of pyridine rings is 2. The van der Waals surface area contributed by atoms with Crippen LogP contribution in [0.25, 0.3) is 0 Å². The molecule has 2 rings (SSSR count). The third kappa shape index (κ3) is 7.37. The van der Waals surface area contributed by atoms with Crippen molar-refractivity contribution in [2.75, 3.05) is 11.5 Å². The number of carbonyl (C=O) groups is 1. The molecule has 0 fully saturated rings. The van der Waals surface area contributed by atoms with Crippen LogP contribution in [0.2, 0.25) is 16.6 Å². The number of hydrogen-bond acceptors (Lipinski definition) is 5. The molecule has 0 aromatic carbocycles. The van der Waals surface area contributed by atoms with Crippen molar-refractivity contribution in [2.45, 2.75) is 97.5 Å². The predicted octanol–water partition coefficient (Wildman–Crippen LogP) is 7.15. The second kappa shape index (κ2) is 11.9. The number of carbonyl (C=O) groups excluding carboxylic acids is 1. The summed E-state index contributed by atoms with van der Waals surface area (Å²) < 4.78 is 12.4. The standard InChI is InChI=1S/C27H43N3O3Si/c1-20(2)34(21(3)4,22(5)6)32-18-16-23-14-12-15-25(29-23)30(26(31)33-27(7,8)9)19-24-13-10-11-17-28-24/h10-15,17,20-22H,16,18-19H2,1-9H3. The van der Waals surface area contributed by atoms with Gasteiger partial charge in [-0.25, -0.2) is 9.78 Å². The van der Waals surface area contributed by atoms with Crippen molar-refractivity contribution < 1.29 is 14.0 Å². The molecule has 1 amide bonds. The Hall–Kier alpha value is -2.25. The van der Waals surface area contributed by atoms with Gasteiger partial charge >= 0.3 is 6.09 Å². The first kappa shape index (κ1) is 28.0. The molecule has 0 N–H and O–H groups in total. The van der Waals surface area contributed by atoms with Gasteiger partial charge in [-0.3, -0.25) is 9.88 Å². The molecule has 0 saturated heterocycles. The molecule has 0 spiro atoms. The van der Waals surface area contributed by atoms with E-state index in [1.807, 2.05) is 57.2 Å². The van der Waals surface area contributed by atoms with Crippen LogP contribution in [0.15, 0.2) is 42.6 Å². The van der Waals surface area contributed by atoms with Gasteiger partial charge in [0, 0.05) is 24.9 Å². The fourth-order valence-corrected chi connectivity index (χ4v) is 10.3. The van der Waals surface area contributed by atoms with Crippen LogP contribution in [0.1, 0.15) is 73.7 Å². The fourth-order valence-electron chi connectivity index (χ4n) is 4.80. The van der Waals surface area contributed by atoms with Gasteiger partial charge in [0.05, 0.1) is 12.2 Å². The molecular formula is C27H43N3O3Si. The predicted molar refractivity (Wildman–Crippen MR) is 142 cm³/mol. The van der Waals surface area contributed by atoms with E-state index in [0.29, 0.717) is 35.5 Å². The molecule has 188 valence electrons. The third-order valence-electron chi connectivity index (χ3n) is 6.15. The van der Waals surface area contributed by atoms with Crippen molar-refractivity contribution in [2.24, 2.45) is 0 Å². The van der Waals surface area contributed by atoms with Gasteiger partial charge in [-0.2, -0.15) is 0 Å². The van der Waals surface area contributed by atoms with E-state index < -0.39 is 20.0 Å². The molecular weight excluding hydrogens is 442 g/mol. The smallest absolute Gasteiger partial charge is 0.416 e. The van der Waals surface area contributed by atoms with E-state index >= 15 is 0 Å². The largest absolute Gasteiger partial charge is 0.443 e. The number of nitrogens with zero attached hydrogens (tertiary/aromatic N) is 3. The lowest BCUT2D eigenvalue weighted by atomic mass is 10.2. The van der Waals surface area contributed by atoms with E-state index in [2.05, 4.69) is 46.5 Å². The molecule has 0 aliphatic rings. The van der Waals surface area contributed by atoms with Gasteiger partial charge in [0.1, 0.15) is 11.4 Å². The normalized spacial score (nSPS) is 12.5. The van der Waals surface area contributed by atoms with Gasteiger partial charge in [0.25, 0.3) is 0 Å². The quantitative estimate of drug-likeness (QED) is 0.334. The molecule has 6 nitrogen and oxygen atoms in total. The van der Waals surface area contributed by atoms with Gasteiger partial charge < -0.3 is 9.16 Å². The molecule has 2 heterocycles. The van der Waals surface area contributed by atoms with Crippen molar-refractivity contribution >= 4 is 20.2 Å². The van der Waals surface area contributed by atoms with E-state index in [1.165, 1.54) is 0 Å². The number of rotatable bonds is 10. The topological polar surface area (TPSA) is 64.5 Å². The summed E-state index contributed by atoms with van der Waals surface area (Å²) in [6.45, 7) is 20.3. The van der Waals surface area contributed by atoms with Crippen molar-refractivity contribution in [3.63, 3.8) is 0 Å². The average Bonchev–Trinajstić information content (AvgIpc) is 2.74. The minimum Gasteiger partial charge on any atom is -0.443 e. The first-order chi connectivity index (χ1) is 15.9. The lowest BCUT2D eigenvalue weighted by Crippen LogP contribution is -2.48. The van der Waals surface area contributed by atoms with Crippen LogP contribution < -0.4 is 4.90 Å². The van der Waals surface area contributed by atoms with Crippen LogP contribution in [0.4, 0.5) is 10.6 Å². The number of ether oxygens (including phenoxy) is 1. The maximum Gasteiger partial charge on any atom is 0.416 e. The number of hydrogen-bond donors (Lipinski definition) is 0. The highest BCUT2D eigenvalue weighted by Crippen LogP contribution is 2.42. The molecule has 7 heteroatoms. The molecule has 2 aromatic rings. The van der Waals surface area contributed by atoms with Crippen LogP contribution in [0.5, 0.6) is 0 Å². The van der Waals surface area contributed by atoms with E-state index in [1.54, 1.807) is 11.1 Å². The van der Waals surface area contributed by atoms with E-state index in [9.17, 15) is 4.79 Å². The van der Waals surface area contributed by atoms with Gasteiger partial charge in [-0.15, -0.1) is 0 Å². The first-order valence-electron chi connectivity index (χ1n) is 12.4. The first-order valence-corrected chi connectivity index (χ1v) is 14.5. The number of aromatic nitrogens is 2. The lowest BCUT2D eigenvalue weighted by molar-refractivity contribution is 0.0576. The Kier molecular flexibility index (Phi) is 9.82. The Morgan fingerprint density at radius 1 is 0.941 bits per heavy atom. The molecule has 0 atom stereocenters. The lowest BCUT2D eigenvalue weighted by Gasteiger charge is -2.42. The van der Waals surface area contributed by atoms with Crippen molar-refractivity contribution in [3.05, 3.63) is 54.0 Å². The summed E-state index contributed by atoms with van der Waals surface area (Å²) >= 11 is 0. The Morgan fingerprint density at radius 2 is 1.56 bits per heavy atom. The van der Waals surface area contributed by atoms with Crippen molar-refractivity contribution in [1.29, 1.82) is 0 Å². The summed E-state index contributed by atoms with van der Waals surface area (Å²) in [7, 11) is -1.93. The number of amides is 1. The summed E-state index contributed by atoms with van der Waals surface area (Å²) in [4.78, 5) is 23.8. The van der Waals surface area contributed by atoms with Crippen LogP contribution in [-0.2, 0) is 22.1 Å². The molecule has 2 aromatic heterocycles. The highest BCUT2D eigenvalue weighted by Gasteiger charge is 2.44. The fraction of sp³-hybridized carbons (Fsp3) is 0.593. The molecule has 0 aliphatic heterocycles. The second-order valence-electron chi connectivity index (χ2n) is 10.8. The average molecular weight is 486 g/mol. The zero-order chi connectivity index (χ0) is 25.5. The van der Waals surface area contributed by atoms with Gasteiger partial charge in [0.2, 0.25) is 0 Å². The van der Waals surface area contributed by atoms with Gasteiger partial charge in [-0.1, -0.05) is 53.7 Å². The molecule has 0 unspecified atom stereocenters. The summed E-state index contributed by atoms with van der Waals surface area (Å²) in [5.74, 6) is 0.553. The van der Waals surface area contributed by atoms with Crippen LogP contribution in [0, 0.1) is 0 Å². The monoisotopic (exact) mass is 485 g/mol. The summed E-state index contributed by atoms with van der Waals surface area (Å²) in [5.41, 5.74) is 2.66. The van der Waals surface area contributed by atoms with Crippen LogP contribution >= 0.6 is 0 Å². The molecule has 34 heavy (non-hydrogen) atoms. The van der Waals surface area contributed by atoms with Crippen molar-refractivity contribution in [3.8, 4) is 0 Å². The maximum atomic E-state index is 13.1. The molecule has 0 aliphatic carbocycles. The Labute approximate surface area is 207 Å². The third-order valence-corrected chi connectivity index (χ3v) is 12.3. The minimum absolute atomic E-state index is 0.285. The highest BCUT2D eigenvalue weighted by atomic mass is 28.4. The summed E-state index contributed by atoms with van der Waals surface area (Å²) in [6.07, 6.45) is 1.98. The Bertz CT molecular complexity index is 889. The Balaban J connectivity index is 2.24. The Morgan fingerprint density at radius 3 is 2.09 bits per heavy atom. The summed E-state index contributed by atoms with van der Waals surface area (Å²) in [6, 6.07) is 11.4. The van der Waals surface area contributed by atoms with E-state index in [0.717, 1.165) is 11.4 Å². The zero-order valence-electron chi connectivity index (χ0n) is 22.5. The number of anilines is 1. The minimum atomic E-state index is -1.93. The molecule has 0 saturated carbocycles. The van der Waals surface area contributed by atoms with Gasteiger partial charge in [-0.05, 0) is 61.7 Å². The molecule has 0 radical (unpaired) electrons. The maximum absolute atomic E-state index is 13.1. The van der Waals surface area contributed by atoms with Gasteiger partial charge in [0.15, 0.2) is 8.32 Å². The zero-order valence-corrected chi connectivity index (χ0v) is 23.5. The SMILES string of the molecule is CC(C)[Si](OCCc1cccc(N(Cc2ccccn2)C(=O)OC(C)(C)C)n1)(C(C)C)C(C)C. The molecule has 0 bridgehead atoms. The van der Waals surface area contributed by atoms with Crippen LogP contribution in [0.3, 0.4) is 0 Å². The van der Waals surface area contributed by atoms with Crippen molar-refractivity contribution in [1.82, 2.24) is 9.97 Å². The van der Waals surface area contributed by atoms with Crippen LogP contribution in [-0.4, -0.2) is 36.6 Å². The second-order valence-corrected chi connectivity index (χ2v) is 16.3. The summed E-state index contributed by atoms with van der Waals surface area (Å²) in [5, 5.41) is 0. The van der Waals surface area contributed by atoms with E-state index in [4.69, 9.17) is 14.1 Å². The highest BCUT2D eigenvalue weighted by molar-refractivity contribution is 6.77. The van der Waals surface area contributed by atoms with E-state index in [-0.39, 0.29) is 6.54 Å².